The second-order valence-corrected chi connectivity index (χ2v) is 3.95. The minimum Gasteiger partial charge on any atom is -0.355 e. The molecule has 1 aromatic heterocycles. The van der Waals surface area contributed by atoms with Crippen LogP contribution in [0.2, 0.25) is 0 Å². The van der Waals surface area contributed by atoms with E-state index < -0.39 is 6.03 Å². The Labute approximate surface area is 106 Å². The number of aryl methyl sites for hydroxylation is 2. The molecule has 3 amide bonds. The number of aromatic nitrogens is 2. The highest BCUT2D eigenvalue weighted by molar-refractivity contribution is 5.91. The van der Waals surface area contributed by atoms with Gasteiger partial charge in [-0.3, -0.25) is 14.8 Å². The Morgan fingerprint density at radius 3 is 2.67 bits per heavy atom. The lowest BCUT2D eigenvalue weighted by molar-refractivity contribution is -0.120. The van der Waals surface area contributed by atoms with E-state index in [1.54, 1.807) is 17.8 Å². The number of urea groups is 1. The fourth-order valence-electron chi connectivity index (χ4n) is 1.38. The predicted octanol–water partition coefficient (Wildman–Crippen LogP) is 0.376. The largest absolute Gasteiger partial charge is 0.355 e. The van der Waals surface area contributed by atoms with Crippen molar-refractivity contribution in [2.75, 3.05) is 18.4 Å². The van der Waals surface area contributed by atoms with Gasteiger partial charge in [-0.1, -0.05) is 6.92 Å². The van der Waals surface area contributed by atoms with E-state index in [-0.39, 0.29) is 12.5 Å². The number of hydrogen-bond donors (Lipinski definition) is 3. The molecule has 0 aliphatic rings. The van der Waals surface area contributed by atoms with Crippen LogP contribution in [0.3, 0.4) is 0 Å². The van der Waals surface area contributed by atoms with Gasteiger partial charge < -0.3 is 10.6 Å². The highest BCUT2D eigenvalue weighted by atomic mass is 16.2. The van der Waals surface area contributed by atoms with E-state index >= 15 is 0 Å². The van der Waals surface area contributed by atoms with Crippen LogP contribution >= 0.6 is 0 Å². The molecule has 0 aliphatic heterocycles. The van der Waals surface area contributed by atoms with Crippen molar-refractivity contribution in [3.05, 3.63) is 11.8 Å². The third-order valence-electron chi connectivity index (χ3n) is 2.23. The average molecular weight is 253 g/mol. The number of nitrogens with zero attached hydrogens (tertiary/aromatic N) is 2. The summed E-state index contributed by atoms with van der Waals surface area (Å²) < 4.78 is 1.56. The lowest BCUT2D eigenvalue weighted by Crippen LogP contribution is -2.39. The van der Waals surface area contributed by atoms with Crippen LogP contribution in [0.15, 0.2) is 6.07 Å². The number of carbonyl (C=O) groups excluding carboxylic acids is 2. The number of anilines is 1. The SMILES string of the molecule is CCCNC(=O)CNC(=O)Nc1cc(C)nn1C. The van der Waals surface area contributed by atoms with E-state index in [0.29, 0.717) is 12.4 Å². The topological polar surface area (TPSA) is 88.1 Å². The molecule has 0 aliphatic carbocycles. The monoisotopic (exact) mass is 253 g/mol. The van der Waals surface area contributed by atoms with Gasteiger partial charge in [0.15, 0.2) is 0 Å². The number of carbonyl (C=O) groups is 2. The number of rotatable bonds is 5. The molecule has 7 heteroatoms. The molecule has 0 unspecified atom stereocenters. The summed E-state index contributed by atoms with van der Waals surface area (Å²) in [6, 6.07) is 1.32. The van der Waals surface area contributed by atoms with Crippen molar-refractivity contribution in [3.8, 4) is 0 Å². The van der Waals surface area contributed by atoms with Crippen LogP contribution in [0.5, 0.6) is 0 Å². The van der Waals surface area contributed by atoms with Crippen molar-refractivity contribution in [3.63, 3.8) is 0 Å². The Bertz CT molecular complexity index is 427. The van der Waals surface area contributed by atoms with Crippen molar-refractivity contribution in [2.45, 2.75) is 20.3 Å². The summed E-state index contributed by atoms with van der Waals surface area (Å²) in [6.07, 6.45) is 0.867. The van der Waals surface area contributed by atoms with Crippen molar-refractivity contribution >= 4 is 17.8 Å². The molecular formula is C11H19N5O2. The maximum Gasteiger partial charge on any atom is 0.320 e. The lowest BCUT2D eigenvalue weighted by atomic mass is 10.4. The molecule has 1 heterocycles. The maximum atomic E-state index is 11.5. The zero-order valence-corrected chi connectivity index (χ0v) is 10.9. The fraction of sp³-hybridized carbons (Fsp3) is 0.545. The third-order valence-corrected chi connectivity index (χ3v) is 2.23. The first-order chi connectivity index (χ1) is 8.52. The summed E-state index contributed by atoms with van der Waals surface area (Å²) in [7, 11) is 1.73. The second kappa shape index (κ2) is 6.63. The highest BCUT2D eigenvalue weighted by Crippen LogP contribution is 2.06. The fourth-order valence-corrected chi connectivity index (χ4v) is 1.38. The molecule has 0 fully saturated rings. The van der Waals surface area contributed by atoms with E-state index in [1.165, 1.54) is 0 Å². The van der Waals surface area contributed by atoms with Crippen LogP contribution in [0.4, 0.5) is 10.6 Å². The van der Waals surface area contributed by atoms with Gasteiger partial charge in [0.2, 0.25) is 5.91 Å². The smallest absolute Gasteiger partial charge is 0.320 e. The first-order valence-corrected chi connectivity index (χ1v) is 5.85. The van der Waals surface area contributed by atoms with Crippen LogP contribution in [0, 0.1) is 6.92 Å². The summed E-state index contributed by atoms with van der Waals surface area (Å²) in [4.78, 5) is 22.8. The molecule has 1 aromatic rings. The first kappa shape index (κ1) is 14.0. The van der Waals surface area contributed by atoms with Gasteiger partial charge in [0.1, 0.15) is 5.82 Å². The Morgan fingerprint density at radius 2 is 2.11 bits per heavy atom. The average Bonchev–Trinajstić information content (AvgIpc) is 2.62. The van der Waals surface area contributed by atoms with Crippen LogP contribution < -0.4 is 16.0 Å². The molecule has 0 bridgehead atoms. The Morgan fingerprint density at radius 1 is 1.39 bits per heavy atom. The normalized spacial score (nSPS) is 9.94. The Kier molecular flexibility index (Phi) is 5.16. The molecule has 0 saturated carbocycles. The molecule has 18 heavy (non-hydrogen) atoms. The summed E-state index contributed by atoms with van der Waals surface area (Å²) >= 11 is 0. The lowest BCUT2D eigenvalue weighted by Gasteiger charge is -2.07. The van der Waals surface area contributed by atoms with Gasteiger partial charge in [-0.05, 0) is 13.3 Å². The van der Waals surface area contributed by atoms with Crippen molar-refractivity contribution in [1.29, 1.82) is 0 Å². The second-order valence-electron chi connectivity index (χ2n) is 3.95. The number of amides is 3. The molecule has 1 rings (SSSR count). The van der Waals surface area contributed by atoms with Gasteiger partial charge in [-0.15, -0.1) is 0 Å². The number of hydrogen-bond acceptors (Lipinski definition) is 3. The van der Waals surface area contributed by atoms with Gasteiger partial charge in [-0.25, -0.2) is 4.79 Å². The first-order valence-electron chi connectivity index (χ1n) is 5.85. The minimum absolute atomic E-state index is 0.0390. The molecule has 0 spiro atoms. The van der Waals surface area contributed by atoms with E-state index in [9.17, 15) is 9.59 Å². The summed E-state index contributed by atoms with van der Waals surface area (Å²) in [5.41, 5.74) is 0.813. The van der Waals surface area contributed by atoms with E-state index in [4.69, 9.17) is 0 Å². The zero-order chi connectivity index (χ0) is 13.5. The van der Waals surface area contributed by atoms with Gasteiger partial charge in [-0.2, -0.15) is 5.10 Å². The summed E-state index contributed by atoms with van der Waals surface area (Å²) in [6.45, 7) is 4.37. The predicted molar refractivity (Wildman–Crippen MR) is 68.3 cm³/mol. The standard InChI is InChI=1S/C11H19N5O2/c1-4-5-12-10(17)7-13-11(18)14-9-6-8(2)15-16(9)3/h6H,4-5,7H2,1-3H3,(H,12,17)(H2,13,14,18). The van der Waals surface area contributed by atoms with Gasteiger partial charge in [0, 0.05) is 19.7 Å². The van der Waals surface area contributed by atoms with Crippen LogP contribution in [0.1, 0.15) is 19.0 Å². The zero-order valence-electron chi connectivity index (χ0n) is 10.9. The maximum absolute atomic E-state index is 11.5. The third kappa shape index (κ3) is 4.44. The number of nitrogens with one attached hydrogen (secondary N) is 3. The quantitative estimate of drug-likeness (QED) is 0.708. The minimum atomic E-state index is -0.426. The molecule has 0 radical (unpaired) electrons. The van der Waals surface area contributed by atoms with E-state index in [0.717, 1.165) is 12.1 Å². The molecular weight excluding hydrogens is 234 g/mol. The van der Waals surface area contributed by atoms with Crippen molar-refractivity contribution < 1.29 is 9.59 Å². The molecule has 7 nitrogen and oxygen atoms in total. The summed E-state index contributed by atoms with van der Waals surface area (Å²) in [5.74, 6) is 0.382. The van der Waals surface area contributed by atoms with E-state index in [1.807, 2.05) is 13.8 Å². The van der Waals surface area contributed by atoms with Crippen molar-refractivity contribution in [1.82, 2.24) is 20.4 Å². The van der Waals surface area contributed by atoms with Gasteiger partial charge in [0.05, 0.1) is 12.2 Å². The van der Waals surface area contributed by atoms with Crippen LogP contribution in [-0.4, -0.2) is 34.8 Å². The molecule has 0 saturated heterocycles. The molecule has 100 valence electrons. The van der Waals surface area contributed by atoms with E-state index in [2.05, 4.69) is 21.0 Å². The molecule has 0 atom stereocenters. The Hall–Kier alpha value is -2.05. The Balaban J connectivity index is 2.34. The molecule has 3 N–H and O–H groups in total. The highest BCUT2D eigenvalue weighted by Gasteiger charge is 2.07. The van der Waals surface area contributed by atoms with Crippen LogP contribution in [-0.2, 0) is 11.8 Å². The molecule has 0 aromatic carbocycles. The van der Waals surface area contributed by atoms with Gasteiger partial charge >= 0.3 is 6.03 Å². The summed E-state index contributed by atoms with van der Waals surface area (Å²) in [5, 5.41) is 11.8. The van der Waals surface area contributed by atoms with Crippen LogP contribution in [0.25, 0.3) is 0 Å². The van der Waals surface area contributed by atoms with Crippen molar-refractivity contribution in [2.24, 2.45) is 7.05 Å². The van der Waals surface area contributed by atoms with Gasteiger partial charge in [0.25, 0.3) is 0 Å².